The van der Waals surface area contributed by atoms with Crippen molar-refractivity contribution in [3.05, 3.63) is 0 Å². The monoisotopic (exact) mass is 201 g/mol. The fourth-order valence-corrected chi connectivity index (χ4v) is 1.73. The van der Waals surface area contributed by atoms with Gasteiger partial charge in [-0.15, -0.1) is 0 Å². The van der Waals surface area contributed by atoms with Gasteiger partial charge in [0, 0.05) is 12.1 Å². The lowest BCUT2D eigenvalue weighted by Gasteiger charge is -2.37. The van der Waals surface area contributed by atoms with Crippen molar-refractivity contribution in [3.8, 4) is 0 Å². The molecule has 0 amide bonds. The van der Waals surface area contributed by atoms with Gasteiger partial charge in [0.05, 0.1) is 12.5 Å². The van der Waals surface area contributed by atoms with Crippen molar-refractivity contribution in [2.24, 2.45) is 11.8 Å². The number of carboxylic acids is 1. The molecular weight excluding hydrogens is 182 g/mol. The maximum absolute atomic E-state index is 10.7. The van der Waals surface area contributed by atoms with E-state index in [2.05, 4.69) is 5.32 Å². The lowest BCUT2D eigenvalue weighted by Crippen LogP contribution is -2.53. The van der Waals surface area contributed by atoms with Crippen LogP contribution in [0.2, 0.25) is 0 Å². The third-order valence-corrected chi connectivity index (χ3v) is 3.02. The van der Waals surface area contributed by atoms with Crippen molar-refractivity contribution in [1.82, 2.24) is 5.32 Å². The van der Waals surface area contributed by atoms with Crippen LogP contribution >= 0.6 is 0 Å². The van der Waals surface area contributed by atoms with Crippen molar-refractivity contribution in [2.75, 3.05) is 6.61 Å². The second kappa shape index (κ2) is 4.75. The first-order chi connectivity index (χ1) is 6.56. The topological polar surface area (TPSA) is 69.6 Å². The van der Waals surface area contributed by atoms with Gasteiger partial charge >= 0.3 is 5.97 Å². The van der Waals surface area contributed by atoms with E-state index >= 15 is 0 Å². The third-order valence-electron chi connectivity index (χ3n) is 3.02. The van der Waals surface area contributed by atoms with Crippen LogP contribution in [0.25, 0.3) is 0 Å². The highest BCUT2D eigenvalue weighted by Crippen LogP contribution is 2.28. The van der Waals surface area contributed by atoms with Crippen LogP contribution < -0.4 is 5.32 Å². The predicted molar refractivity (Wildman–Crippen MR) is 53.0 cm³/mol. The van der Waals surface area contributed by atoms with Crippen LogP contribution in [0.3, 0.4) is 0 Å². The summed E-state index contributed by atoms with van der Waals surface area (Å²) in [5.41, 5.74) is 0. The maximum atomic E-state index is 10.7. The van der Waals surface area contributed by atoms with Gasteiger partial charge in [-0.05, 0) is 18.8 Å². The molecule has 0 bridgehead atoms. The molecule has 14 heavy (non-hydrogen) atoms. The van der Waals surface area contributed by atoms with E-state index in [1.165, 1.54) is 0 Å². The molecule has 0 spiro atoms. The molecule has 0 aromatic rings. The summed E-state index contributed by atoms with van der Waals surface area (Å²) in [6, 6.07) is 0.0641. The second-order valence-electron chi connectivity index (χ2n) is 4.33. The molecule has 1 fully saturated rings. The van der Waals surface area contributed by atoms with E-state index in [0.29, 0.717) is 5.92 Å². The minimum absolute atomic E-state index is 0.0159. The first-order valence-corrected chi connectivity index (χ1v) is 5.16. The van der Waals surface area contributed by atoms with Crippen LogP contribution in [0.4, 0.5) is 0 Å². The van der Waals surface area contributed by atoms with E-state index in [1.807, 2.05) is 13.8 Å². The quantitative estimate of drug-likeness (QED) is 0.604. The van der Waals surface area contributed by atoms with Crippen LogP contribution in [0.1, 0.15) is 26.7 Å². The Labute approximate surface area is 84.3 Å². The summed E-state index contributed by atoms with van der Waals surface area (Å²) in [5, 5.41) is 21.1. The number of aliphatic hydroxyl groups is 1. The molecule has 1 rings (SSSR count). The van der Waals surface area contributed by atoms with Crippen molar-refractivity contribution < 1.29 is 15.0 Å². The molecule has 4 heteroatoms. The fourth-order valence-electron chi connectivity index (χ4n) is 1.73. The molecule has 82 valence electrons. The Morgan fingerprint density at radius 1 is 1.50 bits per heavy atom. The minimum Gasteiger partial charge on any atom is -0.481 e. The van der Waals surface area contributed by atoms with Crippen molar-refractivity contribution in [2.45, 2.75) is 38.8 Å². The molecule has 0 heterocycles. The smallest absolute Gasteiger partial charge is 0.308 e. The number of hydrogen-bond acceptors (Lipinski definition) is 3. The van der Waals surface area contributed by atoms with E-state index in [0.717, 1.165) is 12.8 Å². The number of carbonyl (C=O) groups is 1. The van der Waals surface area contributed by atoms with Gasteiger partial charge in [0.15, 0.2) is 0 Å². The number of carboxylic acid groups (broad SMARTS) is 1. The molecule has 0 aliphatic heterocycles. The fraction of sp³-hybridized carbons (Fsp3) is 0.900. The van der Waals surface area contributed by atoms with Gasteiger partial charge in [0.2, 0.25) is 0 Å². The summed E-state index contributed by atoms with van der Waals surface area (Å²) in [6.07, 6.45) is 1.66. The Morgan fingerprint density at radius 3 is 2.43 bits per heavy atom. The highest BCUT2D eigenvalue weighted by atomic mass is 16.4. The van der Waals surface area contributed by atoms with Crippen LogP contribution in [0, 0.1) is 11.8 Å². The number of hydrogen-bond donors (Lipinski definition) is 3. The molecule has 0 saturated heterocycles. The van der Waals surface area contributed by atoms with Crippen LogP contribution in [-0.4, -0.2) is 34.9 Å². The highest BCUT2D eigenvalue weighted by Gasteiger charge is 2.37. The molecule has 1 saturated carbocycles. The number of aliphatic carboxylic acids is 1. The first-order valence-electron chi connectivity index (χ1n) is 5.16. The van der Waals surface area contributed by atoms with Gasteiger partial charge in [0.25, 0.3) is 0 Å². The molecule has 3 N–H and O–H groups in total. The van der Waals surface area contributed by atoms with E-state index in [4.69, 9.17) is 10.2 Å². The molecule has 0 radical (unpaired) electrons. The van der Waals surface area contributed by atoms with Gasteiger partial charge in [0.1, 0.15) is 0 Å². The second-order valence-corrected chi connectivity index (χ2v) is 4.33. The average Bonchev–Trinajstić information content (AvgIpc) is 2.01. The lowest BCUT2D eigenvalue weighted by atomic mass is 9.79. The molecular formula is C10H19NO3. The number of rotatable bonds is 5. The normalized spacial score (nSPS) is 28.6. The van der Waals surface area contributed by atoms with Crippen molar-refractivity contribution >= 4 is 5.97 Å². The minimum atomic E-state index is -0.728. The Hall–Kier alpha value is -0.610. The van der Waals surface area contributed by atoms with E-state index in [9.17, 15) is 4.79 Å². The number of aliphatic hydroxyl groups excluding tert-OH is 1. The Balaban J connectivity index is 2.40. The third kappa shape index (κ3) is 2.45. The Kier molecular flexibility index (Phi) is 3.89. The molecule has 3 unspecified atom stereocenters. The first kappa shape index (κ1) is 11.5. The summed E-state index contributed by atoms with van der Waals surface area (Å²) >= 11 is 0. The molecule has 0 aromatic heterocycles. The molecule has 4 nitrogen and oxygen atoms in total. The Morgan fingerprint density at radius 2 is 2.14 bits per heavy atom. The molecule has 1 aliphatic carbocycles. The Bertz CT molecular complexity index is 206. The van der Waals surface area contributed by atoms with Gasteiger partial charge in [-0.2, -0.15) is 0 Å². The van der Waals surface area contributed by atoms with Gasteiger partial charge in [-0.25, -0.2) is 0 Å². The zero-order chi connectivity index (χ0) is 10.7. The molecule has 1 aliphatic rings. The van der Waals surface area contributed by atoms with E-state index in [1.54, 1.807) is 0 Å². The summed E-state index contributed by atoms with van der Waals surface area (Å²) in [6.45, 7) is 4.10. The zero-order valence-electron chi connectivity index (χ0n) is 8.73. The number of nitrogens with one attached hydrogen (secondary N) is 1. The largest absolute Gasteiger partial charge is 0.481 e. The van der Waals surface area contributed by atoms with E-state index in [-0.39, 0.29) is 24.6 Å². The highest BCUT2D eigenvalue weighted by molar-refractivity contribution is 5.72. The van der Waals surface area contributed by atoms with Gasteiger partial charge < -0.3 is 15.5 Å². The lowest BCUT2D eigenvalue weighted by molar-refractivity contribution is -0.146. The van der Waals surface area contributed by atoms with E-state index < -0.39 is 5.97 Å². The zero-order valence-corrected chi connectivity index (χ0v) is 8.73. The summed E-state index contributed by atoms with van der Waals surface area (Å²) in [5.74, 6) is -0.660. The predicted octanol–water partition coefficient (Wildman–Crippen LogP) is 0.456. The summed E-state index contributed by atoms with van der Waals surface area (Å²) in [7, 11) is 0. The standard InChI is InChI=1S/C10H19NO3/c1-6(2)9(5-12)11-8-4-3-7(8)10(13)14/h6-9,11-12H,3-5H2,1-2H3,(H,13,14). The van der Waals surface area contributed by atoms with Crippen LogP contribution in [-0.2, 0) is 4.79 Å². The van der Waals surface area contributed by atoms with Crippen LogP contribution in [0.15, 0.2) is 0 Å². The summed E-state index contributed by atoms with van der Waals surface area (Å²) < 4.78 is 0. The molecule has 3 atom stereocenters. The van der Waals surface area contributed by atoms with Gasteiger partial charge in [-0.3, -0.25) is 4.79 Å². The van der Waals surface area contributed by atoms with Gasteiger partial charge in [-0.1, -0.05) is 13.8 Å². The maximum Gasteiger partial charge on any atom is 0.308 e. The van der Waals surface area contributed by atoms with Crippen molar-refractivity contribution in [3.63, 3.8) is 0 Å². The van der Waals surface area contributed by atoms with Crippen molar-refractivity contribution in [1.29, 1.82) is 0 Å². The summed E-state index contributed by atoms with van der Waals surface area (Å²) in [4.78, 5) is 10.7. The average molecular weight is 201 g/mol. The molecule has 0 aromatic carbocycles. The van der Waals surface area contributed by atoms with Crippen LogP contribution in [0.5, 0.6) is 0 Å². The SMILES string of the molecule is CC(C)C(CO)NC1CCC1C(=O)O.